The molecule has 0 unspecified atom stereocenters. The fourth-order valence-corrected chi connectivity index (χ4v) is 0.994. The van der Waals surface area contributed by atoms with Gasteiger partial charge in [0, 0.05) is 12.1 Å². The normalized spacial score (nSPS) is 10.1. The molecule has 0 spiro atoms. The van der Waals surface area contributed by atoms with Crippen LogP contribution in [-0.4, -0.2) is 24.4 Å². The number of hydrogen-bond acceptors (Lipinski definition) is 2. The van der Waals surface area contributed by atoms with E-state index in [0.29, 0.717) is 12.1 Å². The van der Waals surface area contributed by atoms with Crippen LogP contribution in [0, 0.1) is 11.6 Å². The van der Waals surface area contributed by atoms with Crippen molar-refractivity contribution >= 4 is 5.97 Å². The van der Waals surface area contributed by atoms with E-state index < -0.39 is 29.8 Å². The number of benzene rings is 1. The molecular formula is C9H7F3O3. The molecule has 0 saturated carbocycles. The lowest BCUT2D eigenvalue weighted by molar-refractivity contribution is 0.0686. The summed E-state index contributed by atoms with van der Waals surface area (Å²) in [5.74, 6) is -4.46. The molecule has 0 atom stereocenters. The fraction of sp³-hybridized carbons (Fsp3) is 0.222. The molecule has 15 heavy (non-hydrogen) atoms. The number of hydrogen-bond donors (Lipinski definition) is 1. The van der Waals surface area contributed by atoms with Gasteiger partial charge in [-0.2, -0.15) is 0 Å². The van der Waals surface area contributed by atoms with Crippen molar-refractivity contribution in [3.05, 3.63) is 29.3 Å². The Morgan fingerprint density at radius 3 is 2.27 bits per heavy atom. The van der Waals surface area contributed by atoms with Crippen molar-refractivity contribution in [2.45, 2.75) is 0 Å². The summed E-state index contributed by atoms with van der Waals surface area (Å²) in [6, 6.07) is 1.39. The topological polar surface area (TPSA) is 46.5 Å². The lowest BCUT2D eigenvalue weighted by Crippen LogP contribution is -2.06. The first-order valence-electron chi connectivity index (χ1n) is 3.97. The van der Waals surface area contributed by atoms with Gasteiger partial charge < -0.3 is 9.84 Å². The number of rotatable bonds is 4. The van der Waals surface area contributed by atoms with Gasteiger partial charge in [0.25, 0.3) is 0 Å². The Hall–Kier alpha value is -1.72. The average molecular weight is 220 g/mol. The van der Waals surface area contributed by atoms with Crippen LogP contribution in [0.15, 0.2) is 12.1 Å². The van der Waals surface area contributed by atoms with Crippen LogP contribution in [0.2, 0.25) is 0 Å². The molecule has 0 heterocycles. The maximum atomic E-state index is 13.0. The molecule has 0 aliphatic rings. The molecule has 1 aromatic carbocycles. The van der Waals surface area contributed by atoms with Gasteiger partial charge in [-0.25, -0.2) is 18.0 Å². The van der Waals surface area contributed by atoms with E-state index >= 15 is 0 Å². The summed E-state index contributed by atoms with van der Waals surface area (Å²) in [4.78, 5) is 10.4. The second-order valence-electron chi connectivity index (χ2n) is 2.60. The first-order valence-corrected chi connectivity index (χ1v) is 3.97. The van der Waals surface area contributed by atoms with Crippen molar-refractivity contribution in [2.24, 2.45) is 0 Å². The molecule has 0 amide bonds. The lowest BCUT2D eigenvalue weighted by Gasteiger charge is -2.05. The van der Waals surface area contributed by atoms with E-state index in [1.54, 1.807) is 0 Å². The molecular weight excluding hydrogens is 213 g/mol. The minimum absolute atomic E-state index is 0.243. The van der Waals surface area contributed by atoms with E-state index in [2.05, 4.69) is 4.74 Å². The van der Waals surface area contributed by atoms with Gasteiger partial charge in [-0.3, -0.25) is 0 Å². The largest absolute Gasteiger partial charge is 0.491 e. The van der Waals surface area contributed by atoms with Crippen LogP contribution in [0.3, 0.4) is 0 Å². The third-order valence-electron chi connectivity index (χ3n) is 1.58. The number of halogens is 3. The van der Waals surface area contributed by atoms with E-state index in [9.17, 15) is 18.0 Å². The Labute approximate surface area is 83.1 Å². The van der Waals surface area contributed by atoms with Gasteiger partial charge in [-0.1, -0.05) is 0 Å². The molecule has 1 aromatic rings. The Kier molecular flexibility index (Phi) is 3.54. The van der Waals surface area contributed by atoms with Crippen molar-refractivity contribution in [1.82, 2.24) is 0 Å². The Balaban J connectivity index is 3.03. The SMILES string of the molecule is O=C(O)c1c(F)cc(OCCF)cc1F. The predicted molar refractivity (Wildman–Crippen MR) is 44.8 cm³/mol. The molecule has 0 saturated heterocycles. The molecule has 0 fully saturated rings. The zero-order valence-electron chi connectivity index (χ0n) is 7.47. The zero-order chi connectivity index (χ0) is 11.4. The van der Waals surface area contributed by atoms with Gasteiger partial charge in [0.2, 0.25) is 0 Å². The Morgan fingerprint density at radius 1 is 1.33 bits per heavy atom. The summed E-state index contributed by atoms with van der Waals surface area (Å²) in [6.07, 6.45) is 0. The van der Waals surface area contributed by atoms with Crippen molar-refractivity contribution in [1.29, 1.82) is 0 Å². The lowest BCUT2D eigenvalue weighted by atomic mass is 10.2. The number of aromatic carboxylic acids is 1. The maximum Gasteiger partial charge on any atom is 0.341 e. The Bertz CT molecular complexity index is 356. The van der Waals surface area contributed by atoms with Crippen molar-refractivity contribution in [3.8, 4) is 5.75 Å². The van der Waals surface area contributed by atoms with Crippen LogP contribution in [0.25, 0.3) is 0 Å². The smallest absolute Gasteiger partial charge is 0.341 e. The van der Waals surface area contributed by atoms with Gasteiger partial charge in [0.15, 0.2) is 0 Å². The van der Waals surface area contributed by atoms with Gasteiger partial charge in [-0.15, -0.1) is 0 Å². The molecule has 0 radical (unpaired) electrons. The standard InChI is InChI=1S/C9H7F3O3/c10-1-2-15-5-3-6(11)8(9(13)14)7(12)4-5/h3-4H,1-2H2,(H,13,14). The van der Waals surface area contributed by atoms with E-state index in [1.165, 1.54) is 0 Å². The van der Waals surface area contributed by atoms with Crippen LogP contribution in [0.1, 0.15) is 10.4 Å². The van der Waals surface area contributed by atoms with Gasteiger partial charge in [0.05, 0.1) is 0 Å². The van der Waals surface area contributed by atoms with Crippen LogP contribution < -0.4 is 4.74 Å². The highest BCUT2D eigenvalue weighted by atomic mass is 19.1. The highest BCUT2D eigenvalue weighted by molar-refractivity contribution is 5.88. The maximum absolute atomic E-state index is 13.0. The molecule has 6 heteroatoms. The molecule has 0 bridgehead atoms. The number of alkyl halides is 1. The molecule has 3 nitrogen and oxygen atoms in total. The summed E-state index contributed by atoms with van der Waals surface area (Å²) in [5, 5.41) is 8.43. The second kappa shape index (κ2) is 4.68. The first kappa shape index (κ1) is 11.4. The van der Waals surface area contributed by atoms with Crippen molar-refractivity contribution < 1.29 is 27.8 Å². The van der Waals surface area contributed by atoms with Crippen LogP contribution >= 0.6 is 0 Å². The van der Waals surface area contributed by atoms with Crippen LogP contribution in [0.5, 0.6) is 5.75 Å². The molecule has 0 aliphatic carbocycles. The summed E-state index contributed by atoms with van der Waals surface area (Å²) in [6.45, 7) is -1.14. The zero-order valence-corrected chi connectivity index (χ0v) is 7.47. The minimum atomic E-state index is -1.71. The predicted octanol–water partition coefficient (Wildman–Crippen LogP) is 2.01. The summed E-state index contributed by atoms with van der Waals surface area (Å²) >= 11 is 0. The summed E-state index contributed by atoms with van der Waals surface area (Å²) < 4.78 is 42.3. The van der Waals surface area contributed by atoms with Crippen LogP contribution in [-0.2, 0) is 0 Å². The first-order chi connectivity index (χ1) is 7.06. The van der Waals surface area contributed by atoms with E-state index in [0.717, 1.165) is 0 Å². The molecule has 82 valence electrons. The fourth-order valence-electron chi connectivity index (χ4n) is 0.994. The highest BCUT2D eigenvalue weighted by Gasteiger charge is 2.18. The second-order valence-corrected chi connectivity index (χ2v) is 2.60. The van der Waals surface area contributed by atoms with Crippen LogP contribution in [0.4, 0.5) is 13.2 Å². The molecule has 1 rings (SSSR count). The Morgan fingerprint density at radius 2 is 1.87 bits per heavy atom. The number of carboxylic acid groups (broad SMARTS) is 1. The van der Waals surface area contributed by atoms with Gasteiger partial charge in [0.1, 0.15) is 36.2 Å². The molecule has 0 aliphatic heterocycles. The average Bonchev–Trinajstić information content (AvgIpc) is 2.12. The van der Waals surface area contributed by atoms with E-state index in [-0.39, 0.29) is 12.4 Å². The quantitative estimate of drug-likeness (QED) is 0.844. The summed E-state index contributed by atoms with van der Waals surface area (Å²) in [7, 11) is 0. The van der Waals surface area contributed by atoms with Gasteiger partial charge >= 0.3 is 5.97 Å². The number of carboxylic acids is 1. The number of ether oxygens (including phenoxy) is 1. The monoisotopic (exact) mass is 220 g/mol. The third kappa shape index (κ3) is 2.61. The van der Waals surface area contributed by atoms with E-state index in [4.69, 9.17) is 5.11 Å². The summed E-state index contributed by atoms with van der Waals surface area (Å²) in [5.41, 5.74) is -1.05. The van der Waals surface area contributed by atoms with Crippen molar-refractivity contribution in [3.63, 3.8) is 0 Å². The highest BCUT2D eigenvalue weighted by Crippen LogP contribution is 2.20. The van der Waals surface area contributed by atoms with E-state index in [1.807, 2.05) is 0 Å². The third-order valence-corrected chi connectivity index (χ3v) is 1.58. The van der Waals surface area contributed by atoms with Crippen molar-refractivity contribution in [2.75, 3.05) is 13.3 Å². The minimum Gasteiger partial charge on any atom is -0.491 e. The molecule has 1 N–H and O–H groups in total. The molecule has 0 aromatic heterocycles. The number of carbonyl (C=O) groups is 1. The van der Waals surface area contributed by atoms with Gasteiger partial charge in [-0.05, 0) is 0 Å².